The van der Waals surface area contributed by atoms with E-state index in [1.165, 1.54) is 36.8 Å². The molecule has 3 N–H and O–H groups in total. The molecule has 1 saturated carbocycles. The molecule has 5 nitrogen and oxygen atoms in total. The first-order valence-electron chi connectivity index (χ1n) is 12.3. The summed E-state index contributed by atoms with van der Waals surface area (Å²) in [5.41, 5.74) is 11.8. The van der Waals surface area contributed by atoms with Crippen LogP contribution in [0.2, 0.25) is 0 Å². The van der Waals surface area contributed by atoms with Crippen molar-refractivity contribution in [3.63, 3.8) is 0 Å². The highest BCUT2D eigenvalue weighted by Gasteiger charge is 2.46. The Balaban J connectivity index is 1.42. The van der Waals surface area contributed by atoms with Crippen molar-refractivity contribution in [2.75, 3.05) is 5.73 Å². The summed E-state index contributed by atoms with van der Waals surface area (Å²) in [6.45, 7) is 0. The van der Waals surface area contributed by atoms with Crippen molar-refractivity contribution in [2.45, 2.75) is 50.0 Å². The monoisotopic (exact) mass is 464 g/mol. The van der Waals surface area contributed by atoms with Gasteiger partial charge in [0.25, 0.3) is 0 Å². The molecule has 5 heteroatoms. The third-order valence-electron chi connectivity index (χ3n) is 7.82. The van der Waals surface area contributed by atoms with Crippen LogP contribution in [0.3, 0.4) is 0 Å². The van der Waals surface area contributed by atoms with Crippen molar-refractivity contribution < 1.29 is 14.6 Å². The van der Waals surface area contributed by atoms with Gasteiger partial charge in [-0.1, -0.05) is 55.3 Å². The molecule has 4 aromatic rings. The summed E-state index contributed by atoms with van der Waals surface area (Å²) >= 11 is 0. The van der Waals surface area contributed by atoms with Crippen LogP contribution in [0.5, 0.6) is 5.75 Å². The van der Waals surface area contributed by atoms with E-state index in [4.69, 9.17) is 10.5 Å². The van der Waals surface area contributed by atoms with Gasteiger partial charge in [0.1, 0.15) is 17.7 Å². The second-order valence-corrected chi connectivity index (χ2v) is 9.91. The van der Waals surface area contributed by atoms with Crippen LogP contribution >= 0.6 is 0 Å². The lowest BCUT2D eigenvalue weighted by Gasteiger charge is -2.25. The van der Waals surface area contributed by atoms with Gasteiger partial charge in [-0.05, 0) is 76.6 Å². The third-order valence-corrected chi connectivity index (χ3v) is 7.82. The number of hydrogen-bond acceptors (Lipinski definition) is 4. The van der Waals surface area contributed by atoms with Crippen molar-refractivity contribution in [3.05, 3.63) is 89.6 Å². The maximum absolute atomic E-state index is 11.4. The van der Waals surface area contributed by atoms with Crippen LogP contribution in [0.4, 0.5) is 5.82 Å². The first-order chi connectivity index (χ1) is 17.0. The Morgan fingerprint density at radius 2 is 1.80 bits per heavy atom. The summed E-state index contributed by atoms with van der Waals surface area (Å²) in [6.07, 6.45) is 7.33. The van der Waals surface area contributed by atoms with Gasteiger partial charge < -0.3 is 15.6 Å². The number of nitrogens with two attached hydrogens (primary N) is 1. The van der Waals surface area contributed by atoms with Crippen LogP contribution in [-0.4, -0.2) is 16.1 Å². The van der Waals surface area contributed by atoms with E-state index in [2.05, 4.69) is 41.4 Å². The smallest absolute Gasteiger partial charge is 0.307 e. The SMILES string of the molecule is Nc1nccc2ccc(-c3ccc4c(c3)C(Oc3ccccc3CC(=O)O)CC43CCCC3)cc12. The van der Waals surface area contributed by atoms with E-state index in [1.54, 1.807) is 6.20 Å². The number of aromatic nitrogens is 1. The van der Waals surface area contributed by atoms with E-state index in [-0.39, 0.29) is 17.9 Å². The highest BCUT2D eigenvalue weighted by atomic mass is 16.5. The molecule has 0 bridgehead atoms. The van der Waals surface area contributed by atoms with E-state index in [0.29, 0.717) is 17.1 Å². The molecule has 2 aliphatic rings. The first-order valence-corrected chi connectivity index (χ1v) is 12.3. The standard InChI is InChI=1S/C30H28N2O3/c31-29-23-15-20(8-7-19(23)11-14-32-29)21-9-10-25-24(16-21)27(18-30(25)12-3-4-13-30)35-26-6-2-1-5-22(26)17-28(33)34/h1-2,5-11,14-16,27H,3-4,12-13,17-18H2,(H2,31,32)(H,33,34). The lowest BCUT2D eigenvalue weighted by Crippen LogP contribution is -2.19. The second kappa shape index (κ2) is 8.42. The van der Waals surface area contributed by atoms with Crippen molar-refractivity contribution in [3.8, 4) is 16.9 Å². The van der Waals surface area contributed by atoms with Crippen molar-refractivity contribution in [2.24, 2.45) is 0 Å². The van der Waals surface area contributed by atoms with Gasteiger partial charge in [-0.3, -0.25) is 4.79 Å². The molecule has 1 aromatic heterocycles. The Labute approximate surface area is 204 Å². The second-order valence-electron chi connectivity index (χ2n) is 9.91. The minimum absolute atomic E-state index is 0.0481. The Morgan fingerprint density at radius 3 is 2.63 bits per heavy atom. The fraction of sp³-hybridized carbons (Fsp3) is 0.267. The quantitative estimate of drug-likeness (QED) is 0.355. The normalized spacial score (nSPS) is 18.1. The minimum atomic E-state index is -0.854. The average molecular weight is 465 g/mol. The van der Waals surface area contributed by atoms with E-state index < -0.39 is 5.97 Å². The molecule has 176 valence electrons. The Kier molecular flexibility index (Phi) is 5.21. The Hall–Kier alpha value is -3.86. The largest absolute Gasteiger partial charge is 0.485 e. The summed E-state index contributed by atoms with van der Waals surface area (Å²) in [5, 5.41) is 11.4. The topological polar surface area (TPSA) is 85.4 Å². The van der Waals surface area contributed by atoms with Crippen molar-refractivity contribution >= 4 is 22.6 Å². The molecule has 1 atom stereocenters. The minimum Gasteiger partial charge on any atom is -0.485 e. The molecule has 6 rings (SSSR count). The summed E-state index contributed by atoms with van der Waals surface area (Å²) in [6, 6.07) is 22.6. The number of anilines is 1. The van der Waals surface area contributed by atoms with E-state index in [0.717, 1.165) is 28.3 Å². The van der Waals surface area contributed by atoms with Crippen LogP contribution in [0.1, 0.15) is 54.9 Å². The maximum atomic E-state index is 11.4. The van der Waals surface area contributed by atoms with Gasteiger partial charge in [0.05, 0.1) is 6.42 Å². The van der Waals surface area contributed by atoms with E-state index in [1.807, 2.05) is 30.3 Å². The highest BCUT2D eigenvalue weighted by Crippen LogP contribution is 2.55. The molecule has 1 heterocycles. The lowest BCUT2D eigenvalue weighted by atomic mass is 9.80. The average Bonchev–Trinajstić information content (AvgIpc) is 3.45. The van der Waals surface area contributed by atoms with E-state index >= 15 is 0 Å². The van der Waals surface area contributed by atoms with E-state index in [9.17, 15) is 9.90 Å². The van der Waals surface area contributed by atoms with Gasteiger partial charge in [-0.25, -0.2) is 4.98 Å². The number of hydrogen-bond donors (Lipinski definition) is 2. The van der Waals surface area contributed by atoms with Crippen molar-refractivity contribution in [1.82, 2.24) is 4.98 Å². The first kappa shape index (κ1) is 21.7. The number of benzene rings is 3. The number of para-hydroxylation sites is 1. The number of fused-ring (bicyclic) bond motifs is 3. The third kappa shape index (κ3) is 3.81. The molecule has 1 unspecified atom stereocenters. The molecule has 0 amide bonds. The molecular formula is C30H28N2O3. The fourth-order valence-electron chi connectivity index (χ4n) is 6.15. The van der Waals surface area contributed by atoms with Gasteiger partial charge in [0.2, 0.25) is 0 Å². The molecule has 0 radical (unpaired) electrons. The molecule has 3 aromatic carbocycles. The Morgan fingerprint density at radius 1 is 1.03 bits per heavy atom. The van der Waals surface area contributed by atoms with Crippen molar-refractivity contribution in [1.29, 1.82) is 0 Å². The van der Waals surface area contributed by atoms with Gasteiger partial charge in [0.15, 0.2) is 0 Å². The number of nitrogen functional groups attached to an aromatic ring is 1. The van der Waals surface area contributed by atoms with Crippen LogP contribution in [0.25, 0.3) is 21.9 Å². The molecule has 2 aliphatic carbocycles. The summed E-state index contributed by atoms with van der Waals surface area (Å²) < 4.78 is 6.61. The van der Waals surface area contributed by atoms with Crippen LogP contribution < -0.4 is 10.5 Å². The fourth-order valence-corrected chi connectivity index (χ4v) is 6.15. The molecule has 0 aliphatic heterocycles. The van der Waals surface area contributed by atoms with Gasteiger partial charge in [0, 0.05) is 17.1 Å². The predicted octanol–water partition coefficient (Wildman–Crippen LogP) is 6.45. The lowest BCUT2D eigenvalue weighted by molar-refractivity contribution is -0.136. The summed E-state index contributed by atoms with van der Waals surface area (Å²) in [5.74, 6) is 0.343. The van der Waals surface area contributed by atoms with Crippen LogP contribution in [-0.2, 0) is 16.6 Å². The molecule has 1 spiro atoms. The number of carboxylic acids is 1. The molecular weight excluding hydrogens is 436 g/mol. The summed E-state index contributed by atoms with van der Waals surface area (Å²) in [7, 11) is 0. The number of aliphatic carboxylic acids is 1. The van der Waals surface area contributed by atoms with Gasteiger partial charge in [-0.15, -0.1) is 0 Å². The van der Waals surface area contributed by atoms with Crippen LogP contribution in [0.15, 0.2) is 72.9 Å². The number of rotatable bonds is 5. The molecule has 0 saturated heterocycles. The highest BCUT2D eigenvalue weighted by molar-refractivity contribution is 5.94. The molecule has 35 heavy (non-hydrogen) atoms. The number of ether oxygens (including phenoxy) is 1. The predicted molar refractivity (Wildman–Crippen MR) is 138 cm³/mol. The summed E-state index contributed by atoms with van der Waals surface area (Å²) in [4.78, 5) is 15.7. The van der Waals surface area contributed by atoms with Gasteiger partial charge >= 0.3 is 5.97 Å². The Bertz CT molecular complexity index is 1440. The number of carboxylic acid groups (broad SMARTS) is 1. The number of nitrogens with zero attached hydrogens (tertiary/aromatic N) is 1. The van der Waals surface area contributed by atoms with Crippen LogP contribution in [0, 0.1) is 0 Å². The maximum Gasteiger partial charge on any atom is 0.307 e. The molecule has 1 fully saturated rings. The zero-order valence-corrected chi connectivity index (χ0v) is 19.5. The zero-order chi connectivity index (χ0) is 24.0. The zero-order valence-electron chi connectivity index (χ0n) is 19.5. The van der Waals surface area contributed by atoms with Gasteiger partial charge in [-0.2, -0.15) is 0 Å². The number of pyridine rings is 1. The number of carbonyl (C=O) groups is 1.